The minimum Gasteiger partial charge on any atom is -0.350 e. The van der Waals surface area contributed by atoms with Crippen molar-refractivity contribution in [2.75, 3.05) is 6.54 Å². The predicted octanol–water partition coefficient (Wildman–Crippen LogP) is 1.42. The molecular weight excluding hydrogens is 208 g/mol. The lowest BCUT2D eigenvalue weighted by atomic mass is 10.2. The lowest BCUT2D eigenvalue weighted by Crippen LogP contribution is -2.39. The molecule has 2 N–H and O–H groups in total. The molecule has 4 heteroatoms. The summed E-state index contributed by atoms with van der Waals surface area (Å²) in [4.78, 5) is 14.2. The van der Waals surface area contributed by atoms with Gasteiger partial charge in [0.2, 0.25) is 5.91 Å². The van der Waals surface area contributed by atoms with Crippen LogP contribution >= 0.6 is 11.3 Å². The predicted molar refractivity (Wildman–Crippen MR) is 61.9 cm³/mol. The average molecular weight is 224 g/mol. The summed E-state index contributed by atoms with van der Waals surface area (Å²) in [7, 11) is 0. The molecule has 0 saturated carbocycles. The smallest absolute Gasteiger partial charge is 0.237 e. The van der Waals surface area contributed by atoms with Crippen molar-refractivity contribution >= 4 is 17.2 Å². The van der Waals surface area contributed by atoms with Crippen LogP contribution in [0.3, 0.4) is 0 Å². The van der Waals surface area contributed by atoms with Crippen LogP contribution in [-0.2, 0) is 11.3 Å². The Morgan fingerprint density at radius 3 is 3.13 bits per heavy atom. The second-order valence-corrected chi connectivity index (χ2v) is 5.25. The van der Waals surface area contributed by atoms with Crippen LogP contribution in [-0.4, -0.2) is 18.5 Å². The Morgan fingerprint density at radius 2 is 2.53 bits per heavy atom. The van der Waals surface area contributed by atoms with E-state index in [0.29, 0.717) is 6.54 Å². The largest absolute Gasteiger partial charge is 0.350 e. The SMILES string of the molecule is Cc1ccc(CNC(=O)[C@H]2CCCN2)s1. The number of aryl methyl sites for hydroxylation is 1. The van der Waals surface area contributed by atoms with Gasteiger partial charge in [0, 0.05) is 9.75 Å². The van der Waals surface area contributed by atoms with Crippen LogP contribution in [0.25, 0.3) is 0 Å². The first-order chi connectivity index (χ1) is 7.25. The van der Waals surface area contributed by atoms with Crippen LogP contribution in [0.4, 0.5) is 0 Å². The Hall–Kier alpha value is -0.870. The highest BCUT2D eigenvalue weighted by Gasteiger charge is 2.21. The molecule has 0 radical (unpaired) electrons. The standard InChI is InChI=1S/C11H16N2OS/c1-8-4-5-9(15-8)7-13-11(14)10-3-2-6-12-10/h4-5,10,12H,2-3,6-7H2,1H3,(H,13,14)/t10-/m1/s1. The third-order valence-electron chi connectivity index (χ3n) is 2.61. The molecule has 3 nitrogen and oxygen atoms in total. The molecule has 1 saturated heterocycles. The molecule has 1 amide bonds. The van der Waals surface area contributed by atoms with Gasteiger partial charge in [0.15, 0.2) is 0 Å². The molecule has 1 aliphatic heterocycles. The zero-order chi connectivity index (χ0) is 10.7. The molecule has 0 aromatic carbocycles. The van der Waals surface area contributed by atoms with Crippen molar-refractivity contribution in [2.24, 2.45) is 0 Å². The fourth-order valence-electron chi connectivity index (χ4n) is 1.79. The zero-order valence-electron chi connectivity index (χ0n) is 8.88. The molecule has 1 aromatic heterocycles. The second kappa shape index (κ2) is 4.77. The first-order valence-electron chi connectivity index (χ1n) is 5.32. The van der Waals surface area contributed by atoms with E-state index >= 15 is 0 Å². The van der Waals surface area contributed by atoms with E-state index < -0.39 is 0 Å². The van der Waals surface area contributed by atoms with Gasteiger partial charge in [-0.25, -0.2) is 0 Å². The first-order valence-corrected chi connectivity index (χ1v) is 6.14. The molecule has 1 aromatic rings. The van der Waals surface area contributed by atoms with Crippen molar-refractivity contribution in [1.82, 2.24) is 10.6 Å². The van der Waals surface area contributed by atoms with Gasteiger partial charge < -0.3 is 10.6 Å². The van der Waals surface area contributed by atoms with Crippen LogP contribution in [0.2, 0.25) is 0 Å². The number of carbonyl (C=O) groups is 1. The summed E-state index contributed by atoms with van der Waals surface area (Å²) in [5.41, 5.74) is 0. The van der Waals surface area contributed by atoms with Gasteiger partial charge in [-0.05, 0) is 38.4 Å². The van der Waals surface area contributed by atoms with Gasteiger partial charge in [0.05, 0.1) is 12.6 Å². The van der Waals surface area contributed by atoms with E-state index in [4.69, 9.17) is 0 Å². The van der Waals surface area contributed by atoms with E-state index in [9.17, 15) is 4.79 Å². The number of amides is 1. The molecule has 82 valence electrons. The number of carbonyl (C=O) groups excluding carboxylic acids is 1. The number of nitrogens with one attached hydrogen (secondary N) is 2. The number of thiophene rings is 1. The van der Waals surface area contributed by atoms with Crippen molar-refractivity contribution < 1.29 is 4.79 Å². The fraction of sp³-hybridized carbons (Fsp3) is 0.545. The molecular formula is C11H16N2OS. The van der Waals surface area contributed by atoms with Crippen molar-refractivity contribution in [1.29, 1.82) is 0 Å². The Morgan fingerprint density at radius 1 is 1.67 bits per heavy atom. The average Bonchev–Trinajstić information content (AvgIpc) is 2.84. The normalized spacial score (nSPS) is 20.5. The van der Waals surface area contributed by atoms with Crippen molar-refractivity contribution in [3.05, 3.63) is 21.9 Å². The fourth-order valence-corrected chi connectivity index (χ4v) is 2.62. The van der Waals surface area contributed by atoms with Gasteiger partial charge in [0.1, 0.15) is 0 Å². The van der Waals surface area contributed by atoms with Crippen LogP contribution in [0, 0.1) is 6.92 Å². The lowest BCUT2D eigenvalue weighted by Gasteiger charge is -2.09. The third kappa shape index (κ3) is 2.79. The molecule has 0 bridgehead atoms. The van der Waals surface area contributed by atoms with E-state index in [1.807, 2.05) is 0 Å². The van der Waals surface area contributed by atoms with Gasteiger partial charge in [-0.3, -0.25) is 4.79 Å². The number of hydrogen-bond acceptors (Lipinski definition) is 3. The van der Waals surface area contributed by atoms with Crippen molar-refractivity contribution in [3.8, 4) is 0 Å². The van der Waals surface area contributed by atoms with Crippen LogP contribution in [0.15, 0.2) is 12.1 Å². The molecule has 15 heavy (non-hydrogen) atoms. The van der Waals surface area contributed by atoms with Gasteiger partial charge >= 0.3 is 0 Å². The highest BCUT2D eigenvalue weighted by molar-refractivity contribution is 7.11. The maximum absolute atomic E-state index is 11.7. The monoisotopic (exact) mass is 224 g/mol. The topological polar surface area (TPSA) is 41.1 Å². The van der Waals surface area contributed by atoms with E-state index in [1.54, 1.807) is 11.3 Å². The summed E-state index contributed by atoms with van der Waals surface area (Å²) in [6.07, 6.45) is 2.07. The quantitative estimate of drug-likeness (QED) is 0.815. The second-order valence-electron chi connectivity index (χ2n) is 3.88. The first kappa shape index (κ1) is 10.6. The number of hydrogen-bond donors (Lipinski definition) is 2. The minimum absolute atomic E-state index is 0.0334. The van der Waals surface area contributed by atoms with E-state index in [1.165, 1.54) is 9.75 Å². The Bertz CT molecular complexity index is 342. The van der Waals surface area contributed by atoms with Gasteiger partial charge in [-0.15, -0.1) is 11.3 Å². The Balaban J connectivity index is 1.80. The van der Waals surface area contributed by atoms with Crippen molar-refractivity contribution in [2.45, 2.75) is 32.4 Å². The molecule has 0 aliphatic carbocycles. The Labute approximate surface area is 93.9 Å². The van der Waals surface area contributed by atoms with Gasteiger partial charge in [0.25, 0.3) is 0 Å². The molecule has 0 unspecified atom stereocenters. The molecule has 1 aliphatic rings. The number of rotatable bonds is 3. The summed E-state index contributed by atoms with van der Waals surface area (Å²) in [5.74, 6) is 0.138. The summed E-state index contributed by atoms with van der Waals surface area (Å²) in [6, 6.07) is 4.19. The minimum atomic E-state index is 0.0334. The molecule has 2 rings (SSSR count). The van der Waals surface area contributed by atoms with E-state index in [0.717, 1.165) is 19.4 Å². The van der Waals surface area contributed by atoms with Gasteiger partial charge in [-0.1, -0.05) is 0 Å². The highest BCUT2D eigenvalue weighted by Crippen LogP contribution is 2.14. The third-order valence-corrected chi connectivity index (χ3v) is 3.61. The molecule has 0 spiro atoms. The molecule has 1 fully saturated rings. The summed E-state index contributed by atoms with van der Waals surface area (Å²) >= 11 is 1.74. The zero-order valence-corrected chi connectivity index (χ0v) is 9.69. The summed E-state index contributed by atoms with van der Waals surface area (Å²) in [6.45, 7) is 3.71. The summed E-state index contributed by atoms with van der Waals surface area (Å²) in [5, 5.41) is 6.15. The Kier molecular flexibility index (Phi) is 3.38. The van der Waals surface area contributed by atoms with Crippen LogP contribution in [0.1, 0.15) is 22.6 Å². The van der Waals surface area contributed by atoms with Crippen LogP contribution < -0.4 is 10.6 Å². The van der Waals surface area contributed by atoms with Gasteiger partial charge in [-0.2, -0.15) is 0 Å². The highest BCUT2D eigenvalue weighted by atomic mass is 32.1. The molecule has 2 heterocycles. The lowest BCUT2D eigenvalue weighted by molar-refractivity contribution is -0.122. The maximum Gasteiger partial charge on any atom is 0.237 e. The van der Waals surface area contributed by atoms with Crippen molar-refractivity contribution in [3.63, 3.8) is 0 Å². The molecule has 1 atom stereocenters. The summed E-state index contributed by atoms with van der Waals surface area (Å²) < 4.78 is 0. The maximum atomic E-state index is 11.7. The van der Waals surface area contributed by atoms with E-state index in [-0.39, 0.29) is 11.9 Å². The van der Waals surface area contributed by atoms with Crippen LogP contribution in [0.5, 0.6) is 0 Å². The van der Waals surface area contributed by atoms with E-state index in [2.05, 4.69) is 29.7 Å².